The molecule has 7 nitrogen and oxygen atoms in total. The first-order valence-corrected chi connectivity index (χ1v) is 9.28. The monoisotopic (exact) mass is 379 g/mol. The predicted octanol–water partition coefficient (Wildman–Crippen LogP) is 1.78. The molecule has 0 saturated heterocycles. The molecule has 0 spiro atoms. The Kier molecular flexibility index (Phi) is 6.01. The van der Waals surface area contributed by atoms with Gasteiger partial charge in [-0.05, 0) is 43.2 Å². The fourth-order valence-corrected chi connectivity index (χ4v) is 4.00. The molecule has 2 unspecified atom stereocenters. The van der Waals surface area contributed by atoms with Gasteiger partial charge in [-0.2, -0.15) is 4.72 Å². The molecule has 140 valence electrons. The number of benzene rings is 2. The minimum absolute atomic E-state index is 0.0312. The third-order valence-corrected chi connectivity index (χ3v) is 5.54. The largest absolute Gasteiger partial charge is 0.497 e. The maximum absolute atomic E-state index is 12.6. The van der Waals surface area contributed by atoms with Gasteiger partial charge in [-0.1, -0.05) is 29.8 Å². The first-order chi connectivity index (χ1) is 12.2. The highest BCUT2D eigenvalue weighted by atomic mass is 32.2. The van der Waals surface area contributed by atoms with Gasteiger partial charge in [-0.25, -0.2) is 8.42 Å². The van der Waals surface area contributed by atoms with Gasteiger partial charge in [0, 0.05) is 0 Å². The minimum Gasteiger partial charge on any atom is -0.497 e. The van der Waals surface area contributed by atoms with Crippen LogP contribution in [0.2, 0.25) is 0 Å². The second-order valence-electron chi connectivity index (χ2n) is 5.92. The van der Waals surface area contributed by atoms with Crippen molar-refractivity contribution >= 4 is 16.0 Å². The molecule has 2 aromatic rings. The molecule has 8 heteroatoms. The van der Waals surface area contributed by atoms with Crippen molar-refractivity contribution in [1.82, 2.24) is 4.72 Å². The van der Waals surface area contributed by atoms with Crippen LogP contribution in [0.1, 0.15) is 22.8 Å². The molecule has 0 saturated carbocycles. The van der Waals surface area contributed by atoms with Crippen molar-refractivity contribution < 1.29 is 28.2 Å². The van der Waals surface area contributed by atoms with Crippen molar-refractivity contribution in [3.05, 3.63) is 59.2 Å². The van der Waals surface area contributed by atoms with Gasteiger partial charge in [0.1, 0.15) is 17.9 Å². The molecule has 0 heterocycles. The minimum atomic E-state index is -4.13. The van der Waals surface area contributed by atoms with E-state index in [-0.39, 0.29) is 10.5 Å². The number of methoxy groups -OCH3 is 1. The van der Waals surface area contributed by atoms with Gasteiger partial charge in [-0.3, -0.25) is 4.79 Å². The number of aliphatic hydroxyl groups is 1. The van der Waals surface area contributed by atoms with E-state index in [9.17, 15) is 23.4 Å². The van der Waals surface area contributed by atoms with Crippen LogP contribution in [0.15, 0.2) is 47.4 Å². The normalized spacial score (nSPS) is 13.8. The number of hydrogen-bond donors (Lipinski definition) is 3. The number of carbonyl (C=O) groups is 1. The van der Waals surface area contributed by atoms with Crippen LogP contribution in [0.5, 0.6) is 5.75 Å². The summed E-state index contributed by atoms with van der Waals surface area (Å²) >= 11 is 0. The molecule has 2 atom stereocenters. The summed E-state index contributed by atoms with van der Waals surface area (Å²) in [6, 6.07) is 9.03. The van der Waals surface area contributed by atoms with Gasteiger partial charge in [0.2, 0.25) is 10.0 Å². The summed E-state index contributed by atoms with van der Waals surface area (Å²) < 4.78 is 32.3. The standard InChI is InChI=1S/C18H21NO6S/c1-11-4-9-15(12(2)10-11)26(23,24)19-16(18(21)22)17(20)13-5-7-14(25-3)8-6-13/h4-10,16-17,19-20H,1-3H3,(H,21,22). The Morgan fingerprint density at radius 1 is 1.12 bits per heavy atom. The van der Waals surface area contributed by atoms with Crippen molar-refractivity contribution in [3.8, 4) is 5.75 Å². The van der Waals surface area contributed by atoms with Crippen molar-refractivity contribution in [2.24, 2.45) is 0 Å². The molecule has 0 aliphatic carbocycles. The lowest BCUT2D eigenvalue weighted by Crippen LogP contribution is -2.45. The Balaban J connectivity index is 2.33. The summed E-state index contributed by atoms with van der Waals surface area (Å²) in [6.45, 7) is 3.45. The average Bonchev–Trinajstić information content (AvgIpc) is 2.58. The number of nitrogens with one attached hydrogen (secondary N) is 1. The van der Waals surface area contributed by atoms with Crippen LogP contribution >= 0.6 is 0 Å². The number of aliphatic carboxylic acids is 1. The lowest BCUT2D eigenvalue weighted by Gasteiger charge is -2.21. The zero-order valence-corrected chi connectivity index (χ0v) is 15.4. The van der Waals surface area contributed by atoms with Gasteiger partial charge in [0.05, 0.1) is 12.0 Å². The van der Waals surface area contributed by atoms with Gasteiger partial charge in [-0.15, -0.1) is 0 Å². The molecule has 3 N–H and O–H groups in total. The summed E-state index contributed by atoms with van der Waals surface area (Å²) in [6.07, 6.45) is -1.57. The number of carboxylic acids is 1. The van der Waals surface area contributed by atoms with Crippen LogP contribution < -0.4 is 9.46 Å². The number of rotatable bonds is 7. The molecule has 0 fully saturated rings. The molecule has 2 aromatic carbocycles. The first kappa shape index (κ1) is 19.9. The van der Waals surface area contributed by atoms with Crippen molar-refractivity contribution in [2.45, 2.75) is 30.9 Å². The Morgan fingerprint density at radius 2 is 1.73 bits per heavy atom. The quantitative estimate of drug-likeness (QED) is 0.676. The average molecular weight is 379 g/mol. The van der Waals surface area contributed by atoms with Crippen LogP contribution in [0.3, 0.4) is 0 Å². The molecular weight excluding hydrogens is 358 g/mol. The van der Waals surface area contributed by atoms with Gasteiger partial charge in [0.25, 0.3) is 0 Å². The van der Waals surface area contributed by atoms with Gasteiger partial charge < -0.3 is 14.9 Å². The van der Waals surface area contributed by atoms with E-state index in [0.29, 0.717) is 11.3 Å². The number of sulfonamides is 1. The molecule has 0 aliphatic rings. The molecule has 0 aromatic heterocycles. The Bertz CT molecular complexity index is 892. The van der Waals surface area contributed by atoms with E-state index in [0.717, 1.165) is 5.56 Å². The molecule has 0 aliphatic heterocycles. The zero-order valence-electron chi connectivity index (χ0n) is 14.6. The maximum Gasteiger partial charge on any atom is 0.324 e. The molecule has 0 bridgehead atoms. The number of hydrogen-bond acceptors (Lipinski definition) is 5. The SMILES string of the molecule is COc1ccc(C(O)C(NS(=O)(=O)c2ccc(C)cc2C)C(=O)O)cc1. The second kappa shape index (κ2) is 7.86. The van der Waals surface area contributed by atoms with Crippen LogP contribution in [0.25, 0.3) is 0 Å². The van der Waals surface area contributed by atoms with Crippen molar-refractivity contribution in [2.75, 3.05) is 7.11 Å². The van der Waals surface area contributed by atoms with Gasteiger partial charge >= 0.3 is 5.97 Å². The number of aryl methyl sites for hydroxylation is 2. The Morgan fingerprint density at radius 3 is 2.23 bits per heavy atom. The zero-order chi connectivity index (χ0) is 19.5. The van der Waals surface area contributed by atoms with Crippen LogP contribution in [-0.2, 0) is 14.8 Å². The van der Waals surface area contributed by atoms with Crippen LogP contribution in [0.4, 0.5) is 0 Å². The van der Waals surface area contributed by atoms with E-state index in [1.54, 1.807) is 31.2 Å². The predicted molar refractivity (Wildman–Crippen MR) is 95.6 cm³/mol. The highest BCUT2D eigenvalue weighted by Crippen LogP contribution is 2.23. The first-order valence-electron chi connectivity index (χ1n) is 7.80. The van der Waals surface area contributed by atoms with Crippen LogP contribution in [-0.4, -0.2) is 37.8 Å². The summed E-state index contributed by atoms with van der Waals surface area (Å²) in [5, 5.41) is 19.8. The van der Waals surface area contributed by atoms with E-state index in [4.69, 9.17) is 4.74 Å². The molecule has 26 heavy (non-hydrogen) atoms. The molecule has 0 amide bonds. The smallest absolute Gasteiger partial charge is 0.324 e. The lowest BCUT2D eigenvalue weighted by molar-refractivity contribution is -0.141. The summed E-state index contributed by atoms with van der Waals surface area (Å²) in [5.74, 6) is -0.953. The third-order valence-electron chi connectivity index (χ3n) is 3.94. The summed E-state index contributed by atoms with van der Waals surface area (Å²) in [5.41, 5.74) is 1.62. The van der Waals surface area contributed by atoms with E-state index in [1.165, 1.54) is 25.3 Å². The fourth-order valence-electron chi connectivity index (χ4n) is 2.57. The lowest BCUT2D eigenvalue weighted by atomic mass is 10.0. The topological polar surface area (TPSA) is 113 Å². The third kappa shape index (κ3) is 4.40. The van der Waals surface area contributed by atoms with Crippen LogP contribution in [0, 0.1) is 13.8 Å². The number of aliphatic hydroxyl groups excluding tert-OH is 1. The van der Waals surface area contributed by atoms with E-state index in [1.807, 2.05) is 6.92 Å². The molecule has 0 radical (unpaired) electrons. The van der Waals surface area contributed by atoms with Crippen molar-refractivity contribution in [3.63, 3.8) is 0 Å². The molecule has 2 rings (SSSR count). The fraction of sp³-hybridized carbons (Fsp3) is 0.278. The van der Waals surface area contributed by atoms with Crippen molar-refractivity contribution in [1.29, 1.82) is 0 Å². The highest BCUT2D eigenvalue weighted by molar-refractivity contribution is 7.89. The maximum atomic E-state index is 12.6. The number of ether oxygens (including phenoxy) is 1. The highest BCUT2D eigenvalue weighted by Gasteiger charge is 2.33. The summed E-state index contributed by atoms with van der Waals surface area (Å²) in [4.78, 5) is 11.5. The second-order valence-corrected chi connectivity index (χ2v) is 7.61. The Hall–Kier alpha value is -2.42. The summed E-state index contributed by atoms with van der Waals surface area (Å²) in [7, 11) is -2.66. The number of carboxylic acid groups (broad SMARTS) is 1. The van der Waals surface area contributed by atoms with E-state index < -0.39 is 28.1 Å². The van der Waals surface area contributed by atoms with E-state index >= 15 is 0 Å². The van der Waals surface area contributed by atoms with Gasteiger partial charge in [0.15, 0.2) is 0 Å². The Labute approximate surface area is 152 Å². The van der Waals surface area contributed by atoms with E-state index in [2.05, 4.69) is 4.72 Å². The molecular formula is C18H21NO6S.